The van der Waals surface area contributed by atoms with Gasteiger partial charge in [-0.2, -0.15) is 30.0 Å². The van der Waals surface area contributed by atoms with E-state index in [1.54, 1.807) is 6.20 Å². The maximum absolute atomic E-state index is 12.4. The number of nitrogens with one attached hydrogen (secondary N) is 2. The Morgan fingerprint density at radius 2 is 2.29 bits per heavy atom. The molecule has 1 aromatic heterocycles. The summed E-state index contributed by atoms with van der Waals surface area (Å²) in [6.07, 6.45) is -2.66. The lowest BCUT2D eigenvalue weighted by Gasteiger charge is -2.19. The number of H-pyrrole nitrogens is 1. The molecule has 0 radical (unpaired) electrons. The highest BCUT2D eigenvalue weighted by atomic mass is 32.2. The molecular weight excluding hydrogens is 215 g/mol. The molecule has 0 saturated carbocycles. The van der Waals surface area contributed by atoms with Crippen molar-refractivity contribution in [3.63, 3.8) is 0 Å². The van der Waals surface area contributed by atoms with Crippen LogP contribution in [-0.4, -0.2) is 28.2 Å². The molecule has 2 rings (SSSR count). The summed E-state index contributed by atoms with van der Waals surface area (Å²) >= 11 is 1.26. The molecule has 0 aromatic carbocycles. The Morgan fingerprint density at radius 1 is 1.50 bits per heavy atom. The fraction of sp³-hybridized carbons (Fsp3) is 0.571. The third-order valence-electron chi connectivity index (χ3n) is 1.97. The minimum Gasteiger partial charge on any atom is -0.358 e. The summed E-state index contributed by atoms with van der Waals surface area (Å²) in [5, 5.41) is 8.63. The number of nitrogens with zero attached hydrogens (tertiary/aromatic N) is 1. The summed E-state index contributed by atoms with van der Waals surface area (Å²) in [5.41, 5.74) is 0.793. The quantitative estimate of drug-likeness (QED) is 0.706. The number of halogens is 3. The van der Waals surface area contributed by atoms with E-state index in [2.05, 4.69) is 15.5 Å². The van der Waals surface area contributed by atoms with Crippen molar-refractivity contribution < 1.29 is 13.2 Å². The summed E-state index contributed by atoms with van der Waals surface area (Å²) in [6.45, 7) is 0. The van der Waals surface area contributed by atoms with Gasteiger partial charge in [-0.3, -0.25) is 5.10 Å². The lowest BCUT2D eigenvalue weighted by Crippen LogP contribution is -2.38. The lowest BCUT2D eigenvalue weighted by molar-refractivity contribution is -0.137. The summed E-state index contributed by atoms with van der Waals surface area (Å²) in [7, 11) is 0. The molecule has 1 aliphatic rings. The molecule has 0 saturated heterocycles. The van der Waals surface area contributed by atoms with Gasteiger partial charge in [0.25, 0.3) is 0 Å². The van der Waals surface area contributed by atoms with Gasteiger partial charge in [-0.25, -0.2) is 0 Å². The fourth-order valence-corrected chi connectivity index (χ4v) is 2.29. The van der Waals surface area contributed by atoms with Crippen molar-refractivity contribution in [2.75, 3.05) is 11.1 Å². The minimum absolute atomic E-state index is 0.0337. The summed E-state index contributed by atoms with van der Waals surface area (Å²) in [5.74, 6) is 0.981. The standard InChI is InChI=1S/C7H8F3N3S/c8-7(9,10)5-3-14-2-4-1-11-13-6(4)12-5/h1,5H,2-3H2,(H2,11,12,13). The molecule has 0 amide bonds. The molecule has 2 N–H and O–H groups in total. The van der Waals surface area contributed by atoms with E-state index in [1.807, 2.05) is 0 Å². The van der Waals surface area contributed by atoms with Crippen molar-refractivity contribution >= 4 is 17.6 Å². The second-order valence-electron chi connectivity index (χ2n) is 3.02. The van der Waals surface area contributed by atoms with Gasteiger partial charge in [0.05, 0.1) is 6.20 Å². The zero-order valence-electron chi connectivity index (χ0n) is 7.06. The molecule has 1 unspecified atom stereocenters. The van der Waals surface area contributed by atoms with Crippen LogP contribution in [0.3, 0.4) is 0 Å². The van der Waals surface area contributed by atoms with E-state index in [1.165, 1.54) is 11.8 Å². The number of hydrogen-bond donors (Lipinski definition) is 2. The molecule has 14 heavy (non-hydrogen) atoms. The van der Waals surface area contributed by atoms with Crippen molar-refractivity contribution in [3.8, 4) is 0 Å². The van der Waals surface area contributed by atoms with Gasteiger partial charge >= 0.3 is 6.18 Å². The van der Waals surface area contributed by atoms with E-state index in [-0.39, 0.29) is 5.75 Å². The SMILES string of the molecule is FC(F)(F)C1CSCc2cn[nH]c2N1. The van der Waals surface area contributed by atoms with E-state index in [0.29, 0.717) is 11.6 Å². The van der Waals surface area contributed by atoms with Gasteiger partial charge in [-0.05, 0) is 0 Å². The van der Waals surface area contributed by atoms with Crippen LogP contribution < -0.4 is 5.32 Å². The smallest absolute Gasteiger partial charge is 0.358 e. The number of hydrogen-bond acceptors (Lipinski definition) is 3. The predicted octanol–water partition coefficient (Wildman–Crippen LogP) is 2.00. The number of aromatic amines is 1. The highest BCUT2D eigenvalue weighted by Gasteiger charge is 2.40. The Balaban J connectivity index is 2.20. The van der Waals surface area contributed by atoms with Crippen LogP contribution in [0.5, 0.6) is 0 Å². The van der Waals surface area contributed by atoms with Gasteiger partial charge in [0.2, 0.25) is 0 Å². The Bertz CT molecular complexity index is 322. The van der Waals surface area contributed by atoms with Gasteiger partial charge in [-0.15, -0.1) is 0 Å². The van der Waals surface area contributed by atoms with Gasteiger partial charge in [0, 0.05) is 17.1 Å². The molecule has 3 nitrogen and oxygen atoms in total. The molecule has 78 valence electrons. The lowest BCUT2D eigenvalue weighted by atomic mass is 10.3. The van der Waals surface area contributed by atoms with Crippen LogP contribution in [0.25, 0.3) is 0 Å². The molecule has 1 atom stereocenters. The zero-order chi connectivity index (χ0) is 10.2. The maximum Gasteiger partial charge on any atom is 0.409 e. The number of thioether (sulfide) groups is 1. The third kappa shape index (κ3) is 1.82. The fourth-order valence-electron chi connectivity index (χ4n) is 1.22. The highest BCUT2D eigenvalue weighted by molar-refractivity contribution is 7.98. The number of rotatable bonds is 0. The summed E-state index contributed by atoms with van der Waals surface area (Å²) < 4.78 is 37.2. The summed E-state index contributed by atoms with van der Waals surface area (Å²) in [4.78, 5) is 0. The van der Waals surface area contributed by atoms with Crippen molar-refractivity contribution in [1.29, 1.82) is 0 Å². The van der Waals surface area contributed by atoms with E-state index >= 15 is 0 Å². The topological polar surface area (TPSA) is 40.7 Å². The molecule has 0 spiro atoms. The second-order valence-corrected chi connectivity index (χ2v) is 4.05. The average molecular weight is 223 g/mol. The first-order chi connectivity index (χ1) is 6.57. The molecule has 0 aliphatic carbocycles. The first-order valence-corrected chi connectivity index (χ1v) is 5.16. The van der Waals surface area contributed by atoms with E-state index < -0.39 is 12.2 Å². The number of alkyl halides is 3. The van der Waals surface area contributed by atoms with Crippen LogP contribution in [0.4, 0.5) is 19.0 Å². The minimum atomic E-state index is -4.21. The number of anilines is 1. The predicted molar refractivity (Wildman–Crippen MR) is 48.2 cm³/mol. The monoisotopic (exact) mass is 223 g/mol. The van der Waals surface area contributed by atoms with Crippen LogP contribution in [0.1, 0.15) is 5.56 Å². The number of fused-ring (bicyclic) bond motifs is 1. The Labute approximate surface area is 82.5 Å². The highest BCUT2D eigenvalue weighted by Crippen LogP contribution is 2.31. The normalized spacial score (nSPS) is 22.4. The maximum atomic E-state index is 12.4. The number of aromatic nitrogens is 2. The van der Waals surface area contributed by atoms with Crippen molar-refractivity contribution in [1.82, 2.24) is 10.2 Å². The molecule has 0 fully saturated rings. The second kappa shape index (κ2) is 3.38. The molecule has 0 bridgehead atoms. The molecule has 2 heterocycles. The first kappa shape index (κ1) is 9.70. The zero-order valence-corrected chi connectivity index (χ0v) is 7.87. The van der Waals surface area contributed by atoms with Crippen molar-refractivity contribution in [3.05, 3.63) is 11.8 Å². The van der Waals surface area contributed by atoms with Gasteiger partial charge in [-0.1, -0.05) is 0 Å². The molecule has 1 aromatic rings. The van der Waals surface area contributed by atoms with Gasteiger partial charge < -0.3 is 5.32 Å². The Hall–Kier alpha value is -0.850. The third-order valence-corrected chi connectivity index (χ3v) is 3.06. The van der Waals surface area contributed by atoms with Crippen LogP contribution in [0.2, 0.25) is 0 Å². The van der Waals surface area contributed by atoms with Crippen molar-refractivity contribution in [2.45, 2.75) is 18.0 Å². The van der Waals surface area contributed by atoms with Crippen LogP contribution >= 0.6 is 11.8 Å². The Kier molecular flexibility index (Phi) is 2.34. The first-order valence-electron chi connectivity index (χ1n) is 4.00. The largest absolute Gasteiger partial charge is 0.409 e. The van der Waals surface area contributed by atoms with Crippen LogP contribution in [0, 0.1) is 0 Å². The molecule has 1 aliphatic heterocycles. The van der Waals surface area contributed by atoms with E-state index in [4.69, 9.17) is 0 Å². The average Bonchev–Trinajstić information content (AvgIpc) is 2.41. The molecular formula is C7H8F3N3S. The van der Waals surface area contributed by atoms with Crippen molar-refractivity contribution in [2.24, 2.45) is 0 Å². The summed E-state index contributed by atoms with van der Waals surface area (Å²) in [6, 6.07) is -1.49. The van der Waals surface area contributed by atoms with Gasteiger partial charge in [0.1, 0.15) is 11.9 Å². The van der Waals surface area contributed by atoms with Gasteiger partial charge in [0.15, 0.2) is 0 Å². The van der Waals surface area contributed by atoms with Crippen LogP contribution in [-0.2, 0) is 5.75 Å². The molecule has 7 heteroatoms. The van der Waals surface area contributed by atoms with E-state index in [9.17, 15) is 13.2 Å². The Morgan fingerprint density at radius 3 is 3.00 bits per heavy atom. The van der Waals surface area contributed by atoms with Crippen LogP contribution in [0.15, 0.2) is 6.20 Å². The van der Waals surface area contributed by atoms with E-state index in [0.717, 1.165) is 5.56 Å².